The molecule has 0 atom stereocenters. The summed E-state index contributed by atoms with van der Waals surface area (Å²) in [5.41, 5.74) is 2.32. The largest absolute Gasteiger partial charge is 0.395 e. The molecule has 2 aromatic carbocycles. The Morgan fingerprint density at radius 2 is 1.12 bits per heavy atom. The van der Waals surface area contributed by atoms with Gasteiger partial charge in [-0.25, -0.2) is 0 Å². The second-order valence-electron chi connectivity index (χ2n) is 3.56. The van der Waals surface area contributed by atoms with Crippen LogP contribution in [0.3, 0.4) is 0 Å². The van der Waals surface area contributed by atoms with Gasteiger partial charge in [0.05, 0.1) is 6.61 Å². The molecule has 16 heavy (non-hydrogen) atoms. The van der Waals surface area contributed by atoms with E-state index in [-0.39, 0.29) is 18.7 Å². The standard InChI is InChI=1S/C14H14O.H3N/c15-11-14(12-7-3-1-4-8-12)13-9-5-2-6-10-13;/h1-10,14-15H,11H2;1H3. The van der Waals surface area contributed by atoms with E-state index < -0.39 is 0 Å². The molecule has 2 rings (SSSR count). The summed E-state index contributed by atoms with van der Waals surface area (Å²) in [7, 11) is 0. The highest BCUT2D eigenvalue weighted by atomic mass is 16.3. The zero-order valence-electron chi connectivity index (χ0n) is 9.21. The first-order chi connectivity index (χ1) is 7.42. The quantitative estimate of drug-likeness (QED) is 0.827. The van der Waals surface area contributed by atoms with Gasteiger partial charge in [-0.15, -0.1) is 0 Å². The van der Waals surface area contributed by atoms with Crippen molar-refractivity contribution < 1.29 is 5.11 Å². The molecular formula is C14H17NO. The van der Waals surface area contributed by atoms with Gasteiger partial charge in [0, 0.05) is 5.92 Å². The van der Waals surface area contributed by atoms with Crippen molar-refractivity contribution in [3.05, 3.63) is 71.8 Å². The van der Waals surface area contributed by atoms with Crippen LogP contribution in [0.2, 0.25) is 0 Å². The number of hydrogen-bond donors (Lipinski definition) is 2. The molecular weight excluding hydrogens is 198 g/mol. The SMILES string of the molecule is N.OCC(c1ccccc1)c1ccccc1. The number of hydrogen-bond acceptors (Lipinski definition) is 2. The lowest BCUT2D eigenvalue weighted by Gasteiger charge is -2.14. The first-order valence-corrected chi connectivity index (χ1v) is 5.12. The van der Waals surface area contributed by atoms with Crippen molar-refractivity contribution in [2.24, 2.45) is 0 Å². The zero-order valence-corrected chi connectivity index (χ0v) is 9.21. The molecule has 0 heterocycles. The summed E-state index contributed by atoms with van der Waals surface area (Å²) >= 11 is 0. The van der Waals surface area contributed by atoms with Crippen molar-refractivity contribution in [1.29, 1.82) is 0 Å². The van der Waals surface area contributed by atoms with E-state index in [4.69, 9.17) is 0 Å². The van der Waals surface area contributed by atoms with Crippen molar-refractivity contribution in [3.8, 4) is 0 Å². The highest BCUT2D eigenvalue weighted by molar-refractivity contribution is 5.32. The third-order valence-electron chi connectivity index (χ3n) is 2.59. The van der Waals surface area contributed by atoms with Crippen molar-refractivity contribution >= 4 is 0 Å². The number of aliphatic hydroxyl groups is 1. The fourth-order valence-electron chi connectivity index (χ4n) is 1.77. The lowest BCUT2D eigenvalue weighted by molar-refractivity contribution is 0.280. The minimum absolute atomic E-state index is 0. The van der Waals surface area contributed by atoms with Crippen LogP contribution in [0, 0.1) is 0 Å². The van der Waals surface area contributed by atoms with Gasteiger partial charge in [0.1, 0.15) is 0 Å². The molecule has 0 amide bonds. The van der Waals surface area contributed by atoms with Crippen molar-refractivity contribution in [2.45, 2.75) is 5.92 Å². The van der Waals surface area contributed by atoms with Gasteiger partial charge in [-0.3, -0.25) is 0 Å². The maximum Gasteiger partial charge on any atom is 0.0540 e. The molecule has 0 bridgehead atoms. The van der Waals surface area contributed by atoms with Gasteiger partial charge >= 0.3 is 0 Å². The molecule has 0 aliphatic rings. The number of benzene rings is 2. The normalized spacial score (nSPS) is 9.88. The Balaban J connectivity index is 0.00000128. The molecule has 84 valence electrons. The van der Waals surface area contributed by atoms with Crippen LogP contribution in [0.25, 0.3) is 0 Å². The molecule has 2 aromatic rings. The van der Waals surface area contributed by atoms with E-state index in [1.807, 2.05) is 60.7 Å². The number of rotatable bonds is 3. The smallest absolute Gasteiger partial charge is 0.0540 e. The van der Waals surface area contributed by atoms with E-state index in [0.717, 1.165) is 11.1 Å². The average Bonchev–Trinajstić information content (AvgIpc) is 2.33. The Hall–Kier alpha value is -1.64. The average molecular weight is 215 g/mol. The van der Waals surface area contributed by atoms with Crippen LogP contribution in [-0.2, 0) is 0 Å². The van der Waals surface area contributed by atoms with E-state index in [0.29, 0.717) is 0 Å². The van der Waals surface area contributed by atoms with E-state index in [9.17, 15) is 5.11 Å². The van der Waals surface area contributed by atoms with Crippen molar-refractivity contribution in [2.75, 3.05) is 6.61 Å². The molecule has 2 heteroatoms. The molecule has 0 saturated heterocycles. The van der Waals surface area contributed by atoms with E-state index in [1.165, 1.54) is 0 Å². The summed E-state index contributed by atoms with van der Waals surface area (Å²) in [6, 6.07) is 20.2. The Kier molecular flexibility index (Phi) is 4.70. The van der Waals surface area contributed by atoms with E-state index in [2.05, 4.69) is 0 Å². The third-order valence-corrected chi connectivity index (χ3v) is 2.59. The van der Waals surface area contributed by atoms with Crippen LogP contribution in [0.15, 0.2) is 60.7 Å². The van der Waals surface area contributed by atoms with Crippen LogP contribution < -0.4 is 6.15 Å². The minimum atomic E-state index is 0. The summed E-state index contributed by atoms with van der Waals surface area (Å²) < 4.78 is 0. The second kappa shape index (κ2) is 6.05. The van der Waals surface area contributed by atoms with Crippen LogP contribution in [0.5, 0.6) is 0 Å². The lowest BCUT2D eigenvalue weighted by atomic mass is 9.92. The molecule has 0 saturated carbocycles. The molecule has 0 aliphatic heterocycles. The molecule has 0 spiro atoms. The highest BCUT2D eigenvalue weighted by Crippen LogP contribution is 2.23. The first kappa shape index (κ1) is 12.4. The minimum Gasteiger partial charge on any atom is -0.395 e. The summed E-state index contributed by atoms with van der Waals surface area (Å²) in [6.07, 6.45) is 0. The van der Waals surface area contributed by atoms with Gasteiger partial charge in [-0.05, 0) is 11.1 Å². The van der Waals surface area contributed by atoms with Gasteiger partial charge in [0.15, 0.2) is 0 Å². The fraction of sp³-hybridized carbons (Fsp3) is 0.143. The Morgan fingerprint density at radius 1 is 0.750 bits per heavy atom. The van der Waals surface area contributed by atoms with Crippen LogP contribution >= 0.6 is 0 Å². The molecule has 0 aromatic heterocycles. The lowest BCUT2D eigenvalue weighted by Crippen LogP contribution is -2.05. The Labute approximate surface area is 96.1 Å². The summed E-state index contributed by atoms with van der Waals surface area (Å²) in [5.74, 6) is 0.0902. The molecule has 0 aliphatic carbocycles. The molecule has 0 fully saturated rings. The number of aliphatic hydroxyl groups excluding tert-OH is 1. The Bertz CT molecular complexity index is 360. The van der Waals surface area contributed by atoms with E-state index >= 15 is 0 Å². The summed E-state index contributed by atoms with van der Waals surface area (Å²) in [5, 5.41) is 9.43. The zero-order chi connectivity index (χ0) is 10.5. The monoisotopic (exact) mass is 215 g/mol. The molecule has 2 nitrogen and oxygen atoms in total. The highest BCUT2D eigenvalue weighted by Gasteiger charge is 2.11. The third kappa shape index (κ3) is 2.69. The van der Waals surface area contributed by atoms with Crippen LogP contribution in [0.4, 0.5) is 0 Å². The van der Waals surface area contributed by atoms with Gasteiger partial charge in [-0.2, -0.15) is 0 Å². The van der Waals surface area contributed by atoms with E-state index in [1.54, 1.807) is 0 Å². The summed E-state index contributed by atoms with van der Waals surface area (Å²) in [4.78, 5) is 0. The maximum absolute atomic E-state index is 9.43. The Morgan fingerprint density at radius 3 is 1.44 bits per heavy atom. The first-order valence-electron chi connectivity index (χ1n) is 5.12. The van der Waals surface area contributed by atoms with Crippen LogP contribution in [-0.4, -0.2) is 11.7 Å². The van der Waals surface area contributed by atoms with Gasteiger partial charge in [0.25, 0.3) is 0 Å². The van der Waals surface area contributed by atoms with Gasteiger partial charge in [0.2, 0.25) is 0 Å². The molecule has 0 unspecified atom stereocenters. The van der Waals surface area contributed by atoms with Gasteiger partial charge < -0.3 is 11.3 Å². The van der Waals surface area contributed by atoms with Crippen molar-refractivity contribution in [1.82, 2.24) is 6.15 Å². The summed E-state index contributed by atoms with van der Waals surface area (Å²) in [6.45, 7) is 0.147. The topological polar surface area (TPSA) is 55.2 Å². The fourth-order valence-corrected chi connectivity index (χ4v) is 1.77. The van der Waals surface area contributed by atoms with Gasteiger partial charge in [-0.1, -0.05) is 60.7 Å². The van der Waals surface area contributed by atoms with Crippen molar-refractivity contribution in [3.63, 3.8) is 0 Å². The molecule has 0 radical (unpaired) electrons. The predicted octanol–water partition coefficient (Wildman–Crippen LogP) is 2.97. The maximum atomic E-state index is 9.43. The predicted molar refractivity (Wildman–Crippen MR) is 66.8 cm³/mol. The second-order valence-corrected chi connectivity index (χ2v) is 3.56. The molecule has 4 N–H and O–H groups in total. The van der Waals surface area contributed by atoms with Crippen LogP contribution in [0.1, 0.15) is 17.0 Å².